The smallest absolute Gasteiger partial charge is 0.338 e. The highest BCUT2D eigenvalue weighted by atomic mass is 16.5. The van der Waals surface area contributed by atoms with Gasteiger partial charge in [0.2, 0.25) is 0 Å². The van der Waals surface area contributed by atoms with Crippen molar-refractivity contribution in [2.24, 2.45) is 5.92 Å². The van der Waals surface area contributed by atoms with Gasteiger partial charge in [0.1, 0.15) is 5.75 Å². The van der Waals surface area contributed by atoms with Crippen molar-refractivity contribution in [3.63, 3.8) is 0 Å². The van der Waals surface area contributed by atoms with Gasteiger partial charge in [-0.25, -0.2) is 4.79 Å². The summed E-state index contributed by atoms with van der Waals surface area (Å²) < 4.78 is 11.0. The Kier molecular flexibility index (Phi) is 6.25. The molecule has 0 unspecified atom stereocenters. The first-order chi connectivity index (χ1) is 10.5. The molecule has 0 spiro atoms. The van der Waals surface area contributed by atoms with Crippen molar-refractivity contribution >= 4 is 5.97 Å². The molecular formula is C18H27NO3. The van der Waals surface area contributed by atoms with Crippen LogP contribution < -0.4 is 4.74 Å². The topological polar surface area (TPSA) is 38.8 Å². The fourth-order valence-corrected chi connectivity index (χ4v) is 2.70. The summed E-state index contributed by atoms with van der Waals surface area (Å²) in [5, 5.41) is 0. The number of carbonyl (C=O) groups excluding carboxylic acids is 1. The summed E-state index contributed by atoms with van der Waals surface area (Å²) in [5.74, 6) is 0.879. The largest absolute Gasteiger partial charge is 0.491 e. The second-order valence-corrected chi connectivity index (χ2v) is 6.40. The third-order valence-electron chi connectivity index (χ3n) is 3.73. The van der Waals surface area contributed by atoms with Crippen molar-refractivity contribution < 1.29 is 14.3 Å². The quantitative estimate of drug-likeness (QED) is 0.724. The number of hydrogen-bond acceptors (Lipinski definition) is 4. The van der Waals surface area contributed by atoms with Crippen LogP contribution in [0.4, 0.5) is 0 Å². The van der Waals surface area contributed by atoms with Crippen LogP contribution in [0.2, 0.25) is 0 Å². The number of ether oxygens (including phenoxy) is 2. The number of carbonyl (C=O) groups is 1. The van der Waals surface area contributed by atoms with Crippen molar-refractivity contribution in [2.45, 2.75) is 39.7 Å². The van der Waals surface area contributed by atoms with Crippen LogP contribution in [-0.2, 0) is 4.74 Å². The van der Waals surface area contributed by atoms with Crippen LogP contribution in [0.25, 0.3) is 0 Å². The minimum Gasteiger partial charge on any atom is -0.491 e. The van der Waals surface area contributed by atoms with Crippen LogP contribution in [0.5, 0.6) is 5.75 Å². The molecule has 0 N–H and O–H groups in total. The first-order valence-electron chi connectivity index (χ1n) is 8.21. The average Bonchev–Trinajstić information content (AvgIpc) is 2.98. The van der Waals surface area contributed by atoms with Crippen molar-refractivity contribution in [1.29, 1.82) is 0 Å². The molecule has 122 valence electrons. The van der Waals surface area contributed by atoms with E-state index in [2.05, 4.69) is 11.8 Å². The van der Waals surface area contributed by atoms with E-state index in [0.29, 0.717) is 18.1 Å². The molecule has 1 saturated heterocycles. The van der Waals surface area contributed by atoms with Crippen LogP contribution in [0, 0.1) is 5.92 Å². The molecule has 4 nitrogen and oxygen atoms in total. The zero-order chi connectivity index (χ0) is 15.9. The lowest BCUT2D eigenvalue weighted by molar-refractivity contribution is 0.0427. The number of esters is 1. The SMILES string of the molecule is CC(C)Oc1ccc(C(=O)OC[C@@H](C)CN2CCCC2)cc1. The molecule has 0 aliphatic carbocycles. The Morgan fingerprint density at radius 2 is 1.77 bits per heavy atom. The third-order valence-corrected chi connectivity index (χ3v) is 3.73. The first-order valence-corrected chi connectivity index (χ1v) is 8.21. The monoisotopic (exact) mass is 305 g/mol. The predicted molar refractivity (Wildman–Crippen MR) is 87.3 cm³/mol. The maximum absolute atomic E-state index is 12.0. The van der Waals surface area contributed by atoms with Crippen LogP contribution in [0.15, 0.2) is 24.3 Å². The number of nitrogens with zero attached hydrogens (tertiary/aromatic N) is 1. The van der Waals surface area contributed by atoms with Gasteiger partial charge in [0, 0.05) is 12.5 Å². The van der Waals surface area contributed by atoms with Gasteiger partial charge in [-0.2, -0.15) is 0 Å². The van der Waals surface area contributed by atoms with Gasteiger partial charge in [0.15, 0.2) is 0 Å². The lowest BCUT2D eigenvalue weighted by atomic mass is 10.2. The summed E-state index contributed by atoms with van der Waals surface area (Å²) in [6, 6.07) is 7.13. The summed E-state index contributed by atoms with van der Waals surface area (Å²) in [5.41, 5.74) is 0.574. The molecule has 22 heavy (non-hydrogen) atoms. The van der Waals surface area contributed by atoms with Crippen LogP contribution in [-0.4, -0.2) is 43.2 Å². The van der Waals surface area contributed by atoms with Gasteiger partial charge in [-0.05, 0) is 64.0 Å². The fraction of sp³-hybridized carbons (Fsp3) is 0.611. The Balaban J connectivity index is 1.76. The molecule has 1 atom stereocenters. The average molecular weight is 305 g/mol. The normalized spacial score (nSPS) is 16.7. The Morgan fingerprint density at radius 1 is 1.14 bits per heavy atom. The number of likely N-dealkylation sites (tertiary alicyclic amines) is 1. The van der Waals surface area contributed by atoms with E-state index in [-0.39, 0.29) is 12.1 Å². The van der Waals surface area contributed by atoms with E-state index >= 15 is 0 Å². The van der Waals surface area contributed by atoms with Crippen molar-refractivity contribution in [2.75, 3.05) is 26.2 Å². The van der Waals surface area contributed by atoms with E-state index in [9.17, 15) is 4.79 Å². The molecule has 2 rings (SSSR count). The van der Waals surface area contributed by atoms with Gasteiger partial charge in [-0.1, -0.05) is 6.92 Å². The zero-order valence-electron chi connectivity index (χ0n) is 13.9. The van der Waals surface area contributed by atoms with E-state index in [1.165, 1.54) is 25.9 Å². The van der Waals surface area contributed by atoms with Crippen molar-refractivity contribution in [1.82, 2.24) is 4.90 Å². The minimum absolute atomic E-state index is 0.129. The van der Waals surface area contributed by atoms with E-state index in [4.69, 9.17) is 9.47 Å². The highest BCUT2D eigenvalue weighted by Crippen LogP contribution is 2.15. The Bertz CT molecular complexity index is 464. The summed E-state index contributed by atoms with van der Waals surface area (Å²) in [7, 11) is 0. The highest BCUT2D eigenvalue weighted by Gasteiger charge is 2.16. The third kappa shape index (κ3) is 5.34. The molecule has 1 aliphatic heterocycles. The maximum Gasteiger partial charge on any atom is 0.338 e. The van der Waals surface area contributed by atoms with E-state index in [1.807, 2.05) is 26.0 Å². The van der Waals surface area contributed by atoms with Gasteiger partial charge in [-0.15, -0.1) is 0 Å². The maximum atomic E-state index is 12.0. The summed E-state index contributed by atoms with van der Waals surface area (Å²) >= 11 is 0. The van der Waals surface area contributed by atoms with E-state index in [0.717, 1.165) is 12.3 Å². The van der Waals surface area contributed by atoms with Crippen LogP contribution in [0.3, 0.4) is 0 Å². The van der Waals surface area contributed by atoms with E-state index < -0.39 is 0 Å². The van der Waals surface area contributed by atoms with Gasteiger partial charge < -0.3 is 14.4 Å². The molecular weight excluding hydrogens is 278 g/mol. The number of benzene rings is 1. The molecule has 0 saturated carbocycles. The van der Waals surface area contributed by atoms with E-state index in [1.54, 1.807) is 12.1 Å². The molecule has 1 aromatic carbocycles. The highest BCUT2D eigenvalue weighted by molar-refractivity contribution is 5.89. The molecule has 0 bridgehead atoms. The Hall–Kier alpha value is -1.55. The fourth-order valence-electron chi connectivity index (χ4n) is 2.70. The first kappa shape index (κ1) is 16.8. The van der Waals surface area contributed by atoms with Crippen molar-refractivity contribution in [3.8, 4) is 5.75 Å². The summed E-state index contributed by atoms with van der Waals surface area (Å²) in [4.78, 5) is 14.5. The summed E-state index contributed by atoms with van der Waals surface area (Å²) in [6.07, 6.45) is 2.71. The number of hydrogen-bond donors (Lipinski definition) is 0. The van der Waals surface area contributed by atoms with Gasteiger partial charge >= 0.3 is 5.97 Å². The van der Waals surface area contributed by atoms with Crippen LogP contribution >= 0.6 is 0 Å². The zero-order valence-corrected chi connectivity index (χ0v) is 13.9. The molecule has 0 radical (unpaired) electrons. The summed E-state index contributed by atoms with van der Waals surface area (Å²) in [6.45, 7) is 9.91. The molecule has 0 aromatic heterocycles. The van der Waals surface area contributed by atoms with Gasteiger partial charge in [0.25, 0.3) is 0 Å². The van der Waals surface area contributed by atoms with Gasteiger partial charge in [0.05, 0.1) is 18.3 Å². The second kappa shape index (κ2) is 8.18. The molecule has 0 amide bonds. The van der Waals surface area contributed by atoms with Crippen LogP contribution in [0.1, 0.15) is 44.0 Å². The second-order valence-electron chi connectivity index (χ2n) is 6.40. The lowest BCUT2D eigenvalue weighted by Gasteiger charge is -2.20. The number of rotatable bonds is 7. The molecule has 1 aromatic rings. The Morgan fingerprint density at radius 3 is 2.36 bits per heavy atom. The van der Waals surface area contributed by atoms with Gasteiger partial charge in [-0.3, -0.25) is 0 Å². The minimum atomic E-state index is -0.260. The lowest BCUT2D eigenvalue weighted by Crippen LogP contribution is -2.28. The molecule has 4 heteroatoms. The standard InChI is InChI=1S/C18H27NO3/c1-14(2)22-17-8-6-16(7-9-17)18(20)21-13-15(3)12-19-10-4-5-11-19/h6-9,14-15H,4-5,10-13H2,1-3H3/t15-/m0/s1. The molecule has 1 heterocycles. The molecule has 1 fully saturated rings. The Labute approximate surface area is 133 Å². The predicted octanol–water partition coefficient (Wildman–Crippen LogP) is 3.36. The van der Waals surface area contributed by atoms with Crippen molar-refractivity contribution in [3.05, 3.63) is 29.8 Å². The molecule has 1 aliphatic rings.